The van der Waals surface area contributed by atoms with Crippen LogP contribution in [0.2, 0.25) is 5.02 Å². The van der Waals surface area contributed by atoms with Gasteiger partial charge in [0, 0.05) is 5.02 Å². The van der Waals surface area contributed by atoms with Gasteiger partial charge < -0.3 is 0 Å². The molecule has 1 aromatic carbocycles. The van der Waals surface area contributed by atoms with E-state index in [1.54, 1.807) is 0 Å². The molecule has 1 aliphatic rings. The van der Waals surface area contributed by atoms with Crippen LogP contribution in [-0.4, -0.2) is 0 Å². The maximum Gasteiger partial charge on any atom is 0.0441 e. The van der Waals surface area contributed by atoms with Crippen LogP contribution in [0.3, 0.4) is 0 Å². The fourth-order valence-corrected chi connectivity index (χ4v) is 2.04. The quantitative estimate of drug-likeness (QED) is 0.556. The number of benzene rings is 1. The van der Waals surface area contributed by atoms with Crippen molar-refractivity contribution in [1.29, 1.82) is 0 Å². The lowest BCUT2D eigenvalue weighted by atomic mass is 9.67. The Morgan fingerprint density at radius 3 is 2.64 bits per heavy atom. The number of halogens is 1. The predicted octanol–water partition coefficient (Wildman–Crippen LogP) is 3.17. The first-order chi connectivity index (χ1) is 5.11. The van der Waals surface area contributed by atoms with Crippen LogP contribution >= 0.6 is 11.6 Å². The van der Waals surface area contributed by atoms with Gasteiger partial charge in [-0.05, 0) is 29.0 Å². The van der Waals surface area contributed by atoms with Gasteiger partial charge in [-0.3, -0.25) is 0 Å². The minimum atomic E-state index is 0.361. The number of hydrogen-bond acceptors (Lipinski definition) is 0. The highest BCUT2D eigenvalue weighted by molar-refractivity contribution is 6.31. The van der Waals surface area contributed by atoms with Crippen LogP contribution in [0, 0.1) is 0 Å². The molecule has 0 fully saturated rings. The summed E-state index contributed by atoms with van der Waals surface area (Å²) in [4.78, 5) is 0. The molecule has 0 bridgehead atoms. The summed E-state index contributed by atoms with van der Waals surface area (Å²) in [5.41, 5.74) is 3.13. The van der Waals surface area contributed by atoms with Crippen LogP contribution in [0.15, 0.2) is 18.2 Å². The van der Waals surface area contributed by atoms with Crippen molar-refractivity contribution in [3.63, 3.8) is 0 Å². The molecule has 1 heteroatoms. The zero-order chi connectivity index (χ0) is 8.06. The van der Waals surface area contributed by atoms with Crippen molar-refractivity contribution in [2.45, 2.75) is 25.7 Å². The van der Waals surface area contributed by atoms with Crippen molar-refractivity contribution in [3.8, 4) is 0 Å². The predicted molar refractivity (Wildman–Crippen MR) is 48.2 cm³/mol. The van der Waals surface area contributed by atoms with Crippen LogP contribution in [0.1, 0.15) is 25.0 Å². The van der Waals surface area contributed by atoms with E-state index >= 15 is 0 Å². The van der Waals surface area contributed by atoms with E-state index in [-0.39, 0.29) is 0 Å². The van der Waals surface area contributed by atoms with Crippen LogP contribution in [0.4, 0.5) is 0 Å². The van der Waals surface area contributed by atoms with Gasteiger partial charge in [-0.1, -0.05) is 37.6 Å². The maximum absolute atomic E-state index is 5.99. The van der Waals surface area contributed by atoms with Crippen LogP contribution in [0.5, 0.6) is 0 Å². The Labute approximate surface area is 72.2 Å². The molecule has 0 aromatic heterocycles. The van der Waals surface area contributed by atoms with E-state index in [9.17, 15) is 0 Å². The largest absolute Gasteiger partial charge is 0.0840 e. The summed E-state index contributed by atoms with van der Waals surface area (Å²) in [6.07, 6.45) is 1.13. The zero-order valence-electron chi connectivity index (χ0n) is 6.82. The molecule has 0 N–H and O–H groups in total. The summed E-state index contributed by atoms with van der Waals surface area (Å²) in [6, 6.07) is 6.17. The third-order valence-corrected chi connectivity index (χ3v) is 2.82. The Balaban J connectivity index is 2.57. The van der Waals surface area contributed by atoms with E-state index in [0.717, 1.165) is 11.4 Å². The molecule has 1 aromatic rings. The molecule has 2 rings (SSSR count). The summed E-state index contributed by atoms with van der Waals surface area (Å²) in [7, 11) is 0. The van der Waals surface area contributed by atoms with Crippen molar-refractivity contribution >= 4 is 11.6 Å². The molecule has 0 aliphatic heterocycles. The molecule has 11 heavy (non-hydrogen) atoms. The maximum atomic E-state index is 5.99. The van der Waals surface area contributed by atoms with Crippen molar-refractivity contribution in [2.24, 2.45) is 0 Å². The van der Waals surface area contributed by atoms with Gasteiger partial charge in [0.1, 0.15) is 0 Å². The molecule has 58 valence electrons. The van der Waals surface area contributed by atoms with Crippen molar-refractivity contribution < 1.29 is 0 Å². The molecule has 1 aliphatic carbocycles. The monoisotopic (exact) mass is 166 g/mol. The van der Waals surface area contributed by atoms with Gasteiger partial charge >= 0.3 is 0 Å². The fraction of sp³-hybridized carbons (Fsp3) is 0.400. The van der Waals surface area contributed by atoms with Gasteiger partial charge in [-0.2, -0.15) is 0 Å². The van der Waals surface area contributed by atoms with Gasteiger partial charge in [0.2, 0.25) is 0 Å². The molecule has 0 nitrogen and oxygen atoms in total. The minimum absolute atomic E-state index is 0.361. The zero-order valence-corrected chi connectivity index (χ0v) is 7.57. The third kappa shape index (κ3) is 0.893. The van der Waals surface area contributed by atoms with E-state index in [0.29, 0.717) is 5.41 Å². The highest BCUT2D eigenvalue weighted by Crippen LogP contribution is 2.43. The van der Waals surface area contributed by atoms with E-state index in [2.05, 4.69) is 19.9 Å². The molecule has 0 radical (unpaired) electrons. The average Bonchev–Trinajstić information content (AvgIpc) is 1.92. The number of hydrogen-bond donors (Lipinski definition) is 0. The van der Waals surface area contributed by atoms with Gasteiger partial charge in [-0.15, -0.1) is 0 Å². The smallest absolute Gasteiger partial charge is 0.0441 e. The second-order valence-corrected chi connectivity index (χ2v) is 4.23. The summed E-state index contributed by atoms with van der Waals surface area (Å²) >= 11 is 5.99. The first-order valence-corrected chi connectivity index (χ1v) is 4.27. The minimum Gasteiger partial charge on any atom is -0.0840 e. The highest BCUT2D eigenvalue weighted by Gasteiger charge is 2.34. The average molecular weight is 167 g/mol. The standard InChI is InChI=1S/C10H11Cl/c1-10(2)6-7-8(10)4-3-5-9(7)11/h3-5H,6H2,1-2H3. The van der Waals surface area contributed by atoms with Crippen molar-refractivity contribution in [1.82, 2.24) is 0 Å². The molecule has 0 atom stereocenters. The first kappa shape index (κ1) is 7.17. The van der Waals surface area contributed by atoms with Gasteiger partial charge in [0.05, 0.1) is 0 Å². The van der Waals surface area contributed by atoms with E-state index in [1.165, 1.54) is 11.1 Å². The second kappa shape index (κ2) is 2.01. The summed E-state index contributed by atoms with van der Waals surface area (Å²) in [5.74, 6) is 0. The Kier molecular flexibility index (Phi) is 1.31. The number of fused-ring (bicyclic) bond motifs is 1. The van der Waals surface area contributed by atoms with E-state index in [1.807, 2.05) is 12.1 Å². The van der Waals surface area contributed by atoms with Crippen molar-refractivity contribution in [3.05, 3.63) is 34.3 Å². The molecule has 0 saturated heterocycles. The fourth-order valence-electron chi connectivity index (χ4n) is 1.80. The highest BCUT2D eigenvalue weighted by atomic mass is 35.5. The molecular formula is C10H11Cl. The van der Waals surface area contributed by atoms with E-state index < -0.39 is 0 Å². The van der Waals surface area contributed by atoms with Crippen LogP contribution in [-0.2, 0) is 11.8 Å². The SMILES string of the molecule is CC1(C)Cc2c(Cl)cccc21. The van der Waals surface area contributed by atoms with Gasteiger partial charge in [0.25, 0.3) is 0 Å². The normalized spacial score (nSPS) is 18.8. The molecule has 0 amide bonds. The lowest BCUT2D eigenvalue weighted by molar-refractivity contribution is 0.455. The summed E-state index contributed by atoms with van der Waals surface area (Å²) < 4.78 is 0. The molecular weight excluding hydrogens is 156 g/mol. The third-order valence-electron chi connectivity index (χ3n) is 2.47. The Bertz CT molecular complexity index is 300. The summed E-state index contributed by atoms with van der Waals surface area (Å²) in [6.45, 7) is 4.51. The van der Waals surface area contributed by atoms with Crippen molar-refractivity contribution in [2.75, 3.05) is 0 Å². The molecule has 0 heterocycles. The van der Waals surface area contributed by atoms with Gasteiger partial charge in [0.15, 0.2) is 0 Å². The second-order valence-electron chi connectivity index (χ2n) is 3.83. The molecule has 0 spiro atoms. The van der Waals surface area contributed by atoms with Gasteiger partial charge in [-0.25, -0.2) is 0 Å². The Morgan fingerprint density at radius 2 is 2.09 bits per heavy atom. The number of rotatable bonds is 0. The Morgan fingerprint density at radius 1 is 1.36 bits per heavy atom. The lowest BCUT2D eigenvalue weighted by Crippen LogP contribution is -2.32. The lowest BCUT2D eigenvalue weighted by Gasteiger charge is -2.38. The van der Waals surface area contributed by atoms with E-state index in [4.69, 9.17) is 11.6 Å². The first-order valence-electron chi connectivity index (χ1n) is 3.89. The van der Waals surface area contributed by atoms with Crippen LogP contribution < -0.4 is 0 Å². The van der Waals surface area contributed by atoms with Crippen LogP contribution in [0.25, 0.3) is 0 Å². The Hall–Kier alpha value is -0.490. The molecule has 0 unspecified atom stereocenters. The summed E-state index contributed by atoms with van der Waals surface area (Å²) in [5, 5.41) is 0.932. The molecule has 0 saturated carbocycles. The topological polar surface area (TPSA) is 0 Å².